The first-order valence-electron chi connectivity index (χ1n) is 12.1. The van der Waals surface area contributed by atoms with E-state index in [-0.39, 0.29) is 11.9 Å². The molecule has 0 bridgehead atoms. The molecular weight excluding hydrogens is 465 g/mol. The van der Waals surface area contributed by atoms with E-state index in [1.165, 1.54) is 18.2 Å². The van der Waals surface area contributed by atoms with E-state index in [9.17, 15) is 27.9 Å². The van der Waals surface area contributed by atoms with Crippen molar-refractivity contribution in [2.45, 2.75) is 95.2 Å². The maximum absolute atomic E-state index is 13.7. The Bertz CT molecular complexity index is 886. The third-order valence-corrected chi connectivity index (χ3v) is 6.46. The van der Waals surface area contributed by atoms with Gasteiger partial charge in [0.2, 0.25) is 5.91 Å². The summed E-state index contributed by atoms with van der Waals surface area (Å²) in [6.07, 6.45) is -1.17. The van der Waals surface area contributed by atoms with Gasteiger partial charge in [0.1, 0.15) is 11.4 Å². The molecule has 1 aromatic rings. The van der Waals surface area contributed by atoms with Gasteiger partial charge in [-0.1, -0.05) is 31.4 Å². The lowest BCUT2D eigenvalue weighted by atomic mass is 9.72. The van der Waals surface area contributed by atoms with Gasteiger partial charge in [0.15, 0.2) is 0 Å². The number of nitrogens with one attached hydrogen (secondary N) is 1. The molecule has 1 saturated carbocycles. The third kappa shape index (κ3) is 7.75. The molecule has 1 aromatic carbocycles. The summed E-state index contributed by atoms with van der Waals surface area (Å²) >= 11 is 0. The number of carbonyl (C=O) groups is 2. The molecule has 1 atom stereocenters. The van der Waals surface area contributed by atoms with Crippen LogP contribution in [0.1, 0.15) is 77.2 Å². The fourth-order valence-corrected chi connectivity index (χ4v) is 4.93. The Morgan fingerprint density at radius 1 is 1.11 bits per heavy atom. The lowest BCUT2D eigenvalue weighted by Crippen LogP contribution is -2.52. The fourth-order valence-electron chi connectivity index (χ4n) is 4.93. The minimum Gasteiger partial charge on any atom is -0.444 e. The monoisotopic (exact) mass is 500 g/mol. The van der Waals surface area contributed by atoms with Crippen LogP contribution >= 0.6 is 0 Å². The number of rotatable bonds is 5. The predicted molar refractivity (Wildman–Crippen MR) is 123 cm³/mol. The van der Waals surface area contributed by atoms with Crippen molar-refractivity contribution < 1.29 is 37.3 Å². The summed E-state index contributed by atoms with van der Waals surface area (Å²) in [5.41, 5.74) is -1.67. The molecule has 2 fully saturated rings. The highest BCUT2D eigenvalue weighted by Gasteiger charge is 2.45. The molecule has 0 unspecified atom stereocenters. The van der Waals surface area contributed by atoms with E-state index >= 15 is 0 Å². The van der Waals surface area contributed by atoms with Crippen LogP contribution in [-0.4, -0.2) is 58.7 Å². The highest BCUT2D eigenvalue weighted by molar-refractivity contribution is 5.85. The molecule has 35 heavy (non-hydrogen) atoms. The van der Waals surface area contributed by atoms with Crippen molar-refractivity contribution in [2.24, 2.45) is 0 Å². The molecule has 2 N–H and O–H groups in total. The van der Waals surface area contributed by atoms with Crippen molar-refractivity contribution in [3.63, 3.8) is 0 Å². The molecular formula is C25H35F3N2O5. The molecule has 0 spiro atoms. The number of nitrogens with zero attached hydrogens (tertiary/aromatic N) is 1. The molecule has 1 aliphatic heterocycles. The van der Waals surface area contributed by atoms with Gasteiger partial charge in [-0.2, -0.15) is 0 Å². The predicted octanol–water partition coefficient (Wildman–Crippen LogP) is 4.88. The topological polar surface area (TPSA) is 88.1 Å². The number of likely N-dealkylation sites (tertiary alicyclic amines) is 1. The van der Waals surface area contributed by atoms with E-state index in [0.717, 1.165) is 19.3 Å². The minimum atomic E-state index is -4.86. The number of hydrogen-bond acceptors (Lipinski definition) is 5. The van der Waals surface area contributed by atoms with Crippen LogP contribution in [0.3, 0.4) is 0 Å². The number of amides is 2. The van der Waals surface area contributed by atoms with Crippen LogP contribution in [0.4, 0.5) is 18.0 Å². The largest absolute Gasteiger partial charge is 0.573 e. The number of alkyl halides is 3. The van der Waals surface area contributed by atoms with E-state index in [0.29, 0.717) is 44.3 Å². The first kappa shape index (κ1) is 27.1. The Labute approximate surface area is 204 Å². The standard InChI is InChI=1S/C25H35F3N2O5/c1-23(2,3)35-22(32)29-18-10-14-30(15-11-18)21(31)20(24(33)12-5-4-6-13-24)17-8-7-9-19(16-17)34-25(26,27)28/h7-9,16,18,20,33H,4-6,10-15H2,1-3H3,(H,29,32)/t20-/m0/s1. The van der Waals surface area contributed by atoms with Crippen LogP contribution < -0.4 is 10.1 Å². The Kier molecular flexibility index (Phi) is 8.24. The SMILES string of the molecule is CC(C)(C)OC(=O)NC1CCN(C(=O)[C@H](c2cccc(OC(F)(F)F)c2)C2(O)CCCCC2)CC1. The van der Waals surface area contributed by atoms with E-state index in [1.54, 1.807) is 31.7 Å². The summed E-state index contributed by atoms with van der Waals surface area (Å²) in [6, 6.07) is 5.18. The maximum atomic E-state index is 13.7. The summed E-state index contributed by atoms with van der Waals surface area (Å²) in [5.74, 6) is -1.75. The van der Waals surface area contributed by atoms with Gasteiger partial charge in [-0.05, 0) is 64.2 Å². The van der Waals surface area contributed by atoms with E-state index in [4.69, 9.17) is 4.74 Å². The van der Waals surface area contributed by atoms with Crippen molar-refractivity contribution in [3.05, 3.63) is 29.8 Å². The summed E-state index contributed by atoms with van der Waals surface area (Å²) < 4.78 is 47.7. The van der Waals surface area contributed by atoms with Gasteiger partial charge >= 0.3 is 12.5 Å². The number of piperidine rings is 1. The number of alkyl carbamates (subject to hydrolysis) is 1. The van der Waals surface area contributed by atoms with Crippen molar-refractivity contribution >= 4 is 12.0 Å². The number of carbonyl (C=O) groups excluding carboxylic acids is 2. The first-order valence-corrected chi connectivity index (χ1v) is 12.1. The average Bonchev–Trinajstić information content (AvgIpc) is 2.72. The number of hydrogen-bond donors (Lipinski definition) is 2. The van der Waals surface area contributed by atoms with Crippen LogP contribution in [0.5, 0.6) is 5.75 Å². The second kappa shape index (κ2) is 10.6. The molecule has 0 radical (unpaired) electrons. The summed E-state index contributed by atoms with van der Waals surface area (Å²) in [5, 5.41) is 14.3. The smallest absolute Gasteiger partial charge is 0.444 e. The van der Waals surface area contributed by atoms with Gasteiger partial charge in [-0.25, -0.2) is 4.79 Å². The molecule has 0 aromatic heterocycles. The Morgan fingerprint density at radius 2 is 1.74 bits per heavy atom. The fraction of sp³-hybridized carbons (Fsp3) is 0.680. The van der Waals surface area contributed by atoms with Gasteiger partial charge in [-0.15, -0.1) is 13.2 Å². The van der Waals surface area contributed by atoms with Crippen LogP contribution in [0, 0.1) is 0 Å². The van der Waals surface area contributed by atoms with E-state index < -0.39 is 35.3 Å². The zero-order valence-electron chi connectivity index (χ0n) is 20.5. The third-order valence-electron chi connectivity index (χ3n) is 6.46. The number of ether oxygens (including phenoxy) is 2. The quantitative estimate of drug-likeness (QED) is 0.602. The zero-order valence-corrected chi connectivity index (χ0v) is 20.5. The number of halogens is 3. The van der Waals surface area contributed by atoms with E-state index in [2.05, 4.69) is 10.1 Å². The second-order valence-electron chi connectivity index (χ2n) is 10.5. The summed E-state index contributed by atoms with van der Waals surface area (Å²) in [4.78, 5) is 27.4. The Morgan fingerprint density at radius 3 is 2.31 bits per heavy atom. The van der Waals surface area contributed by atoms with Crippen LogP contribution in [0.25, 0.3) is 0 Å². The minimum absolute atomic E-state index is 0.159. The molecule has 1 saturated heterocycles. The summed E-state index contributed by atoms with van der Waals surface area (Å²) in [6.45, 7) is 6.03. The lowest BCUT2D eigenvalue weighted by molar-refractivity contribution is -0.274. The Hall–Kier alpha value is -2.49. The molecule has 1 aliphatic carbocycles. The molecule has 1 heterocycles. The van der Waals surface area contributed by atoms with Gasteiger partial charge in [0, 0.05) is 19.1 Å². The zero-order chi connectivity index (χ0) is 25.9. The highest BCUT2D eigenvalue weighted by Crippen LogP contribution is 2.42. The number of aliphatic hydroxyl groups is 1. The molecule has 2 aliphatic rings. The van der Waals surface area contributed by atoms with Crippen molar-refractivity contribution in [3.8, 4) is 5.75 Å². The molecule has 3 rings (SSSR count). The Balaban J connectivity index is 1.75. The molecule has 196 valence electrons. The average molecular weight is 501 g/mol. The van der Waals surface area contributed by atoms with Crippen molar-refractivity contribution in [1.82, 2.24) is 10.2 Å². The van der Waals surface area contributed by atoms with Gasteiger partial charge in [0.25, 0.3) is 0 Å². The number of benzene rings is 1. The lowest BCUT2D eigenvalue weighted by Gasteiger charge is -2.42. The van der Waals surface area contributed by atoms with Crippen molar-refractivity contribution in [2.75, 3.05) is 13.1 Å². The van der Waals surface area contributed by atoms with Crippen LogP contribution in [0.15, 0.2) is 24.3 Å². The van der Waals surface area contributed by atoms with Crippen molar-refractivity contribution in [1.29, 1.82) is 0 Å². The van der Waals surface area contributed by atoms with Crippen LogP contribution in [0.2, 0.25) is 0 Å². The van der Waals surface area contributed by atoms with Gasteiger partial charge in [0.05, 0.1) is 11.5 Å². The van der Waals surface area contributed by atoms with Gasteiger partial charge in [-0.3, -0.25) is 4.79 Å². The van der Waals surface area contributed by atoms with Gasteiger partial charge < -0.3 is 24.8 Å². The summed E-state index contributed by atoms with van der Waals surface area (Å²) in [7, 11) is 0. The maximum Gasteiger partial charge on any atom is 0.573 e. The first-order chi connectivity index (χ1) is 16.3. The molecule has 7 nitrogen and oxygen atoms in total. The molecule has 10 heteroatoms. The van der Waals surface area contributed by atoms with Crippen LogP contribution in [-0.2, 0) is 9.53 Å². The molecule has 2 amide bonds. The highest BCUT2D eigenvalue weighted by atomic mass is 19.4. The normalized spacial score (nSPS) is 20.1. The second-order valence-corrected chi connectivity index (χ2v) is 10.5. The van der Waals surface area contributed by atoms with E-state index in [1.807, 2.05) is 0 Å².